The van der Waals surface area contributed by atoms with Gasteiger partial charge in [0.25, 0.3) is 0 Å². The Morgan fingerprint density at radius 2 is 2.05 bits per heavy atom. The maximum Gasteiger partial charge on any atom is 0.240 e. The molecule has 2 saturated heterocycles. The van der Waals surface area contributed by atoms with Gasteiger partial charge < -0.3 is 10.2 Å². The molecular weight excluding hydrogens is 250 g/mol. The van der Waals surface area contributed by atoms with E-state index >= 15 is 0 Å². The summed E-state index contributed by atoms with van der Waals surface area (Å²) in [6, 6.07) is 11.0. The second kappa shape index (κ2) is 5.94. The number of nitrogens with zero attached hydrogens (tertiary/aromatic N) is 1. The number of hydrogen-bond acceptors (Lipinski definition) is 3. The summed E-state index contributed by atoms with van der Waals surface area (Å²) in [5.41, 5.74) is 1.29. The van der Waals surface area contributed by atoms with E-state index in [0.717, 1.165) is 32.5 Å². The molecular formula is C16H23N3O. The SMILES string of the molecule is C[C@@H]1CNCCN1C(=O)[C@H]1CC[C@H](c2ccccc2)N1. The van der Waals surface area contributed by atoms with Crippen molar-refractivity contribution in [2.24, 2.45) is 0 Å². The minimum Gasteiger partial charge on any atom is -0.336 e. The summed E-state index contributed by atoms with van der Waals surface area (Å²) >= 11 is 0. The molecule has 4 nitrogen and oxygen atoms in total. The third kappa shape index (κ3) is 2.72. The number of piperazine rings is 1. The Hall–Kier alpha value is -1.39. The van der Waals surface area contributed by atoms with E-state index in [-0.39, 0.29) is 11.9 Å². The number of carbonyl (C=O) groups excluding carboxylic acids is 1. The Balaban J connectivity index is 1.63. The molecule has 2 aliphatic rings. The molecule has 108 valence electrons. The van der Waals surface area contributed by atoms with Gasteiger partial charge in [-0.05, 0) is 25.3 Å². The lowest BCUT2D eigenvalue weighted by Gasteiger charge is -2.35. The molecule has 3 rings (SSSR count). The fourth-order valence-electron chi connectivity index (χ4n) is 3.25. The van der Waals surface area contributed by atoms with Crippen LogP contribution in [0.25, 0.3) is 0 Å². The van der Waals surface area contributed by atoms with E-state index in [1.807, 2.05) is 11.0 Å². The quantitative estimate of drug-likeness (QED) is 0.854. The Bertz CT molecular complexity index is 462. The Morgan fingerprint density at radius 3 is 2.80 bits per heavy atom. The molecule has 20 heavy (non-hydrogen) atoms. The third-order valence-corrected chi connectivity index (χ3v) is 4.43. The van der Waals surface area contributed by atoms with Gasteiger partial charge in [0.1, 0.15) is 0 Å². The van der Waals surface area contributed by atoms with Crippen LogP contribution >= 0.6 is 0 Å². The molecule has 0 aliphatic carbocycles. The minimum absolute atomic E-state index is 0.0132. The Labute approximate surface area is 120 Å². The van der Waals surface area contributed by atoms with Crippen LogP contribution in [-0.2, 0) is 4.79 Å². The van der Waals surface area contributed by atoms with E-state index in [0.29, 0.717) is 12.1 Å². The molecule has 0 unspecified atom stereocenters. The van der Waals surface area contributed by atoms with Gasteiger partial charge in [0.2, 0.25) is 5.91 Å². The van der Waals surface area contributed by atoms with Crippen molar-refractivity contribution in [3.8, 4) is 0 Å². The van der Waals surface area contributed by atoms with Gasteiger partial charge in [-0.15, -0.1) is 0 Å². The minimum atomic E-state index is -0.0132. The predicted molar refractivity (Wildman–Crippen MR) is 79.4 cm³/mol. The number of rotatable bonds is 2. The van der Waals surface area contributed by atoms with Crippen molar-refractivity contribution in [1.82, 2.24) is 15.5 Å². The second-order valence-electron chi connectivity index (χ2n) is 5.84. The normalized spacial score (nSPS) is 30.4. The monoisotopic (exact) mass is 273 g/mol. The average molecular weight is 273 g/mol. The van der Waals surface area contributed by atoms with Crippen LogP contribution in [0, 0.1) is 0 Å². The van der Waals surface area contributed by atoms with E-state index < -0.39 is 0 Å². The molecule has 0 spiro atoms. The van der Waals surface area contributed by atoms with Crippen LogP contribution in [0.1, 0.15) is 31.4 Å². The van der Waals surface area contributed by atoms with Crippen LogP contribution < -0.4 is 10.6 Å². The van der Waals surface area contributed by atoms with Gasteiger partial charge in [0, 0.05) is 31.7 Å². The molecule has 2 aliphatic heterocycles. The zero-order valence-corrected chi connectivity index (χ0v) is 12.0. The fraction of sp³-hybridized carbons (Fsp3) is 0.562. The molecule has 3 atom stereocenters. The topological polar surface area (TPSA) is 44.4 Å². The van der Waals surface area contributed by atoms with Crippen LogP contribution in [0.2, 0.25) is 0 Å². The first-order chi connectivity index (χ1) is 9.75. The van der Waals surface area contributed by atoms with E-state index in [1.165, 1.54) is 5.56 Å². The largest absolute Gasteiger partial charge is 0.336 e. The zero-order chi connectivity index (χ0) is 13.9. The molecule has 1 aromatic carbocycles. The fourth-order valence-corrected chi connectivity index (χ4v) is 3.25. The molecule has 1 aromatic rings. The average Bonchev–Trinajstić information content (AvgIpc) is 2.98. The van der Waals surface area contributed by atoms with E-state index in [9.17, 15) is 4.79 Å². The summed E-state index contributed by atoms with van der Waals surface area (Å²) in [7, 11) is 0. The number of amides is 1. The first-order valence-electron chi connectivity index (χ1n) is 7.58. The Kier molecular flexibility index (Phi) is 4.03. The van der Waals surface area contributed by atoms with Gasteiger partial charge in [-0.2, -0.15) is 0 Å². The van der Waals surface area contributed by atoms with Crippen molar-refractivity contribution in [2.45, 2.75) is 37.9 Å². The molecule has 2 heterocycles. The Morgan fingerprint density at radius 1 is 1.25 bits per heavy atom. The maximum atomic E-state index is 12.6. The van der Waals surface area contributed by atoms with Crippen molar-refractivity contribution >= 4 is 5.91 Å². The molecule has 4 heteroatoms. The number of carbonyl (C=O) groups is 1. The third-order valence-electron chi connectivity index (χ3n) is 4.43. The molecule has 0 aromatic heterocycles. The lowest BCUT2D eigenvalue weighted by molar-refractivity contribution is -0.135. The lowest BCUT2D eigenvalue weighted by Crippen LogP contribution is -2.56. The standard InChI is InChI=1S/C16H23N3O/c1-12-11-17-9-10-19(12)16(20)15-8-7-14(18-15)13-5-3-2-4-6-13/h2-6,12,14-15,17-18H,7-11H2,1H3/t12-,14-,15-/m1/s1. The van der Waals surface area contributed by atoms with Crippen molar-refractivity contribution < 1.29 is 4.79 Å². The predicted octanol–water partition coefficient (Wildman–Crippen LogP) is 1.30. The maximum absolute atomic E-state index is 12.6. The van der Waals surface area contributed by atoms with Gasteiger partial charge in [0.15, 0.2) is 0 Å². The van der Waals surface area contributed by atoms with Crippen LogP contribution in [0.15, 0.2) is 30.3 Å². The molecule has 1 amide bonds. The van der Waals surface area contributed by atoms with Crippen LogP contribution in [-0.4, -0.2) is 42.5 Å². The van der Waals surface area contributed by atoms with E-state index in [2.05, 4.69) is 41.8 Å². The summed E-state index contributed by atoms with van der Waals surface area (Å²) in [6.45, 7) is 4.76. The summed E-state index contributed by atoms with van der Waals surface area (Å²) in [5, 5.41) is 6.84. The molecule has 0 bridgehead atoms. The summed E-state index contributed by atoms with van der Waals surface area (Å²) in [6.07, 6.45) is 1.98. The molecule has 2 fully saturated rings. The van der Waals surface area contributed by atoms with Gasteiger partial charge in [-0.3, -0.25) is 10.1 Å². The summed E-state index contributed by atoms with van der Waals surface area (Å²) < 4.78 is 0. The first-order valence-corrected chi connectivity index (χ1v) is 7.58. The molecule has 0 radical (unpaired) electrons. The highest BCUT2D eigenvalue weighted by molar-refractivity contribution is 5.82. The molecule has 2 N–H and O–H groups in total. The lowest BCUT2D eigenvalue weighted by atomic mass is 10.1. The van der Waals surface area contributed by atoms with Crippen molar-refractivity contribution in [3.05, 3.63) is 35.9 Å². The summed E-state index contributed by atoms with van der Waals surface area (Å²) in [5.74, 6) is 0.275. The summed E-state index contributed by atoms with van der Waals surface area (Å²) in [4.78, 5) is 14.7. The number of hydrogen-bond donors (Lipinski definition) is 2. The van der Waals surface area contributed by atoms with Crippen molar-refractivity contribution in [3.63, 3.8) is 0 Å². The highest BCUT2D eigenvalue weighted by Crippen LogP contribution is 2.27. The van der Waals surface area contributed by atoms with Crippen molar-refractivity contribution in [2.75, 3.05) is 19.6 Å². The van der Waals surface area contributed by atoms with E-state index in [1.54, 1.807) is 0 Å². The first kappa shape index (κ1) is 13.6. The highest BCUT2D eigenvalue weighted by atomic mass is 16.2. The second-order valence-corrected chi connectivity index (χ2v) is 5.84. The van der Waals surface area contributed by atoms with Crippen molar-refractivity contribution in [1.29, 1.82) is 0 Å². The molecule has 0 saturated carbocycles. The van der Waals surface area contributed by atoms with Gasteiger partial charge in [0.05, 0.1) is 6.04 Å². The van der Waals surface area contributed by atoms with Crippen LogP contribution in [0.5, 0.6) is 0 Å². The van der Waals surface area contributed by atoms with Crippen LogP contribution in [0.4, 0.5) is 0 Å². The number of nitrogens with one attached hydrogen (secondary N) is 2. The zero-order valence-electron chi connectivity index (χ0n) is 12.0. The van der Waals surface area contributed by atoms with Gasteiger partial charge in [-0.1, -0.05) is 30.3 Å². The van der Waals surface area contributed by atoms with Crippen LogP contribution in [0.3, 0.4) is 0 Å². The van der Waals surface area contributed by atoms with Gasteiger partial charge >= 0.3 is 0 Å². The highest BCUT2D eigenvalue weighted by Gasteiger charge is 2.34. The van der Waals surface area contributed by atoms with Gasteiger partial charge in [-0.25, -0.2) is 0 Å². The number of benzene rings is 1. The van der Waals surface area contributed by atoms with E-state index in [4.69, 9.17) is 0 Å². The smallest absolute Gasteiger partial charge is 0.240 e.